The molecule has 5 heteroatoms. The Bertz CT molecular complexity index is 545. The predicted octanol–water partition coefficient (Wildman–Crippen LogP) is 1.37. The third kappa shape index (κ3) is 1.89. The normalized spacial score (nSPS) is 32.6. The molecular weight excluding hydrogens is 254 g/mol. The van der Waals surface area contributed by atoms with Gasteiger partial charge >= 0.3 is 6.03 Å². The van der Waals surface area contributed by atoms with Crippen LogP contribution in [0, 0.1) is 0 Å². The zero-order chi connectivity index (χ0) is 14.4. The minimum absolute atomic E-state index is 0.0251. The highest BCUT2D eigenvalue weighted by Crippen LogP contribution is 2.35. The Balaban J connectivity index is 1.96. The fraction of sp³-hybridized carbons (Fsp3) is 0.467. The van der Waals surface area contributed by atoms with Crippen LogP contribution in [0.1, 0.15) is 25.5 Å². The van der Waals surface area contributed by atoms with E-state index in [4.69, 9.17) is 0 Å². The molecule has 2 heterocycles. The van der Waals surface area contributed by atoms with Crippen molar-refractivity contribution in [3.8, 4) is 0 Å². The number of carbonyl (C=O) groups excluding carboxylic acids is 2. The zero-order valence-corrected chi connectivity index (χ0v) is 11.9. The highest BCUT2D eigenvalue weighted by atomic mass is 16.2. The van der Waals surface area contributed by atoms with Crippen molar-refractivity contribution in [3.05, 3.63) is 35.9 Å². The molecule has 2 aliphatic heterocycles. The average Bonchev–Trinajstić information content (AvgIpc) is 3.14. The topological polar surface area (TPSA) is 62.6 Å². The van der Waals surface area contributed by atoms with Gasteiger partial charge in [-0.1, -0.05) is 30.3 Å². The molecule has 1 aromatic carbocycles. The summed E-state index contributed by atoms with van der Waals surface area (Å²) in [4.78, 5) is 28.0. The van der Waals surface area contributed by atoms with Crippen molar-refractivity contribution >= 4 is 11.9 Å². The van der Waals surface area contributed by atoms with Crippen molar-refractivity contribution in [1.82, 2.24) is 15.1 Å². The summed E-state index contributed by atoms with van der Waals surface area (Å²) in [5.41, 5.74) is 0.999. The highest BCUT2D eigenvalue weighted by molar-refractivity contribution is 6.00. The van der Waals surface area contributed by atoms with E-state index in [1.807, 2.05) is 44.2 Å². The SMILES string of the molecule is C[C@@H]1N[C@H]1C(=O)N1C(=O)N(C)[C@@H](C)[C@H]1c1ccccc1. The second kappa shape index (κ2) is 4.59. The van der Waals surface area contributed by atoms with E-state index in [0.29, 0.717) is 0 Å². The molecule has 0 aliphatic carbocycles. The van der Waals surface area contributed by atoms with E-state index in [0.717, 1.165) is 5.56 Å². The quantitative estimate of drug-likeness (QED) is 0.828. The van der Waals surface area contributed by atoms with Crippen molar-refractivity contribution in [2.75, 3.05) is 7.05 Å². The molecule has 0 radical (unpaired) electrons. The van der Waals surface area contributed by atoms with E-state index in [1.165, 1.54) is 4.90 Å². The molecule has 0 bridgehead atoms. The van der Waals surface area contributed by atoms with Crippen molar-refractivity contribution in [2.24, 2.45) is 0 Å². The number of amides is 3. The summed E-state index contributed by atoms with van der Waals surface area (Å²) in [6.45, 7) is 3.93. The molecule has 3 amide bonds. The molecule has 0 unspecified atom stereocenters. The van der Waals surface area contributed by atoms with Crippen molar-refractivity contribution < 1.29 is 9.59 Å². The molecule has 2 aliphatic rings. The number of rotatable bonds is 2. The molecule has 2 fully saturated rings. The highest BCUT2D eigenvalue weighted by Gasteiger charge is 2.51. The van der Waals surface area contributed by atoms with E-state index < -0.39 is 0 Å². The number of hydrogen-bond acceptors (Lipinski definition) is 3. The number of hydrogen-bond donors (Lipinski definition) is 1. The summed E-state index contributed by atoms with van der Waals surface area (Å²) in [6, 6.07) is 9.24. The Labute approximate surface area is 118 Å². The van der Waals surface area contributed by atoms with Gasteiger partial charge in [-0.2, -0.15) is 0 Å². The van der Waals surface area contributed by atoms with Gasteiger partial charge in [0.2, 0.25) is 5.91 Å². The summed E-state index contributed by atoms with van der Waals surface area (Å²) in [5, 5.41) is 3.07. The smallest absolute Gasteiger partial charge is 0.322 e. The summed E-state index contributed by atoms with van der Waals surface area (Å²) < 4.78 is 0. The molecule has 0 spiro atoms. The van der Waals surface area contributed by atoms with Gasteiger partial charge in [0.05, 0.1) is 12.1 Å². The van der Waals surface area contributed by atoms with E-state index in [-0.39, 0.29) is 36.1 Å². The van der Waals surface area contributed by atoms with Crippen LogP contribution in [0.4, 0.5) is 4.79 Å². The molecule has 2 saturated heterocycles. The Morgan fingerprint density at radius 3 is 2.35 bits per heavy atom. The van der Waals surface area contributed by atoms with E-state index in [9.17, 15) is 9.59 Å². The van der Waals surface area contributed by atoms with Gasteiger partial charge in [0.15, 0.2) is 0 Å². The lowest BCUT2D eigenvalue weighted by molar-refractivity contribution is -0.129. The molecule has 20 heavy (non-hydrogen) atoms. The lowest BCUT2D eigenvalue weighted by Crippen LogP contribution is -2.40. The first kappa shape index (κ1) is 13.1. The zero-order valence-electron chi connectivity index (χ0n) is 11.9. The first-order chi connectivity index (χ1) is 9.52. The summed E-state index contributed by atoms with van der Waals surface area (Å²) in [7, 11) is 1.75. The largest absolute Gasteiger partial charge is 0.327 e. The van der Waals surface area contributed by atoms with E-state index >= 15 is 0 Å². The van der Waals surface area contributed by atoms with Gasteiger partial charge in [-0.05, 0) is 19.4 Å². The van der Waals surface area contributed by atoms with Crippen LogP contribution in [0.3, 0.4) is 0 Å². The van der Waals surface area contributed by atoms with Gasteiger partial charge in [0.25, 0.3) is 0 Å². The van der Waals surface area contributed by atoms with Crippen LogP contribution in [0.25, 0.3) is 0 Å². The maximum atomic E-state index is 12.5. The molecule has 1 aromatic rings. The van der Waals surface area contributed by atoms with Gasteiger partial charge in [0, 0.05) is 13.1 Å². The van der Waals surface area contributed by atoms with Crippen molar-refractivity contribution in [3.63, 3.8) is 0 Å². The molecule has 1 N–H and O–H groups in total. The summed E-state index contributed by atoms with van der Waals surface area (Å²) in [5.74, 6) is -0.118. The summed E-state index contributed by atoms with van der Waals surface area (Å²) in [6.07, 6.45) is 0. The minimum Gasteiger partial charge on any atom is -0.322 e. The fourth-order valence-corrected chi connectivity index (χ4v) is 2.86. The van der Waals surface area contributed by atoms with Crippen LogP contribution in [-0.4, -0.2) is 46.9 Å². The lowest BCUT2D eigenvalue weighted by atomic mass is 10.00. The lowest BCUT2D eigenvalue weighted by Gasteiger charge is -2.24. The Kier molecular flexibility index (Phi) is 3.01. The standard InChI is InChI=1S/C15H19N3O2/c1-9-12(16-9)14(19)18-13(10(2)17(3)15(18)20)11-7-5-4-6-8-11/h4-10,12-13,16H,1-3H3/t9-,10-,12+,13-/m0/s1. The minimum atomic E-state index is -0.219. The molecule has 4 atom stereocenters. The fourth-order valence-electron chi connectivity index (χ4n) is 2.86. The van der Waals surface area contributed by atoms with Crippen molar-refractivity contribution in [1.29, 1.82) is 0 Å². The van der Waals surface area contributed by atoms with Crippen LogP contribution in [0.15, 0.2) is 30.3 Å². The van der Waals surface area contributed by atoms with Gasteiger partial charge in [-0.15, -0.1) is 0 Å². The van der Waals surface area contributed by atoms with Gasteiger partial charge in [-0.3, -0.25) is 15.0 Å². The number of urea groups is 1. The number of carbonyl (C=O) groups is 2. The number of likely N-dealkylation sites (N-methyl/N-ethyl adjacent to an activating group) is 1. The summed E-state index contributed by atoms with van der Waals surface area (Å²) >= 11 is 0. The molecule has 0 aromatic heterocycles. The van der Waals surface area contributed by atoms with E-state index in [1.54, 1.807) is 11.9 Å². The maximum absolute atomic E-state index is 12.5. The van der Waals surface area contributed by atoms with Gasteiger partial charge < -0.3 is 4.90 Å². The first-order valence-corrected chi connectivity index (χ1v) is 6.93. The molecule has 5 nitrogen and oxygen atoms in total. The predicted molar refractivity (Wildman–Crippen MR) is 75.0 cm³/mol. The van der Waals surface area contributed by atoms with Gasteiger partial charge in [-0.25, -0.2) is 4.79 Å². The number of nitrogens with zero attached hydrogens (tertiary/aromatic N) is 2. The van der Waals surface area contributed by atoms with Gasteiger partial charge in [0.1, 0.15) is 6.04 Å². The van der Waals surface area contributed by atoms with Crippen LogP contribution in [-0.2, 0) is 4.79 Å². The first-order valence-electron chi connectivity index (χ1n) is 6.93. The molecule has 0 saturated carbocycles. The monoisotopic (exact) mass is 273 g/mol. The number of imide groups is 1. The Morgan fingerprint density at radius 1 is 1.20 bits per heavy atom. The van der Waals surface area contributed by atoms with Crippen LogP contribution in [0.2, 0.25) is 0 Å². The molecular formula is C15H19N3O2. The van der Waals surface area contributed by atoms with Crippen molar-refractivity contribution in [2.45, 2.75) is 38.0 Å². The van der Waals surface area contributed by atoms with Crippen LogP contribution >= 0.6 is 0 Å². The Morgan fingerprint density at radius 2 is 1.80 bits per heavy atom. The van der Waals surface area contributed by atoms with Crippen LogP contribution in [0.5, 0.6) is 0 Å². The molecule has 3 rings (SSSR count). The number of nitrogens with one attached hydrogen (secondary N) is 1. The Hall–Kier alpha value is -1.88. The second-order valence-electron chi connectivity index (χ2n) is 5.63. The third-order valence-electron chi connectivity index (χ3n) is 4.33. The second-order valence-corrected chi connectivity index (χ2v) is 5.63. The van der Waals surface area contributed by atoms with Crippen LogP contribution < -0.4 is 5.32 Å². The maximum Gasteiger partial charge on any atom is 0.327 e. The van der Waals surface area contributed by atoms with E-state index in [2.05, 4.69) is 5.32 Å². The third-order valence-corrected chi connectivity index (χ3v) is 4.33. The number of benzene rings is 1. The average molecular weight is 273 g/mol. The molecule has 106 valence electrons.